The maximum Gasteiger partial charge on any atom is 0.387 e. The number of halogens is 2. The maximum absolute atomic E-state index is 12.8. The number of carbonyl (C=O) groups is 1. The summed E-state index contributed by atoms with van der Waals surface area (Å²) in [5.74, 6) is -0.281. The van der Waals surface area contributed by atoms with Crippen LogP contribution in [0.15, 0.2) is 60.8 Å². The molecule has 8 heteroatoms. The molecule has 2 aromatic heterocycles. The number of aromatic nitrogens is 3. The number of nitrogens with zero attached hydrogens (tertiary/aromatic N) is 3. The molecular weight excluding hydrogens is 402 g/mol. The Labute approximate surface area is 177 Å². The zero-order chi connectivity index (χ0) is 22.0. The number of hydrogen-bond donors (Lipinski definition) is 1. The molecule has 1 amide bonds. The van der Waals surface area contributed by atoms with E-state index in [1.807, 2.05) is 37.3 Å². The van der Waals surface area contributed by atoms with Crippen LogP contribution in [0, 0.1) is 6.92 Å². The summed E-state index contributed by atoms with van der Waals surface area (Å²) < 4.78 is 32.0. The predicted molar refractivity (Wildman–Crippen MR) is 114 cm³/mol. The molecule has 0 bridgehead atoms. The lowest BCUT2D eigenvalue weighted by molar-refractivity contribution is -0.0503. The van der Waals surface area contributed by atoms with Gasteiger partial charge in [-0.1, -0.05) is 30.3 Å². The summed E-state index contributed by atoms with van der Waals surface area (Å²) in [4.78, 5) is 17.1. The van der Waals surface area contributed by atoms with Crippen LogP contribution in [0.3, 0.4) is 0 Å². The molecule has 0 saturated heterocycles. The summed E-state index contributed by atoms with van der Waals surface area (Å²) in [7, 11) is 1.79. The molecule has 0 radical (unpaired) electrons. The first-order valence-corrected chi connectivity index (χ1v) is 9.63. The summed E-state index contributed by atoms with van der Waals surface area (Å²) in [6, 6.07) is 15.8. The number of aryl methyl sites for hydroxylation is 2. The second-order valence-corrected chi connectivity index (χ2v) is 7.12. The summed E-state index contributed by atoms with van der Waals surface area (Å²) >= 11 is 0. The van der Waals surface area contributed by atoms with Crippen LogP contribution < -0.4 is 10.1 Å². The monoisotopic (exact) mass is 422 g/mol. The SMILES string of the molecule is Cc1nn(C)c2ncc(C(=O)Nc3ccc(OC(F)F)c(Cc4ccccc4)c3)cc12. The number of hydrogen-bond acceptors (Lipinski definition) is 4. The van der Waals surface area contributed by atoms with E-state index in [0.717, 1.165) is 16.6 Å². The van der Waals surface area contributed by atoms with E-state index < -0.39 is 6.61 Å². The highest BCUT2D eigenvalue weighted by Crippen LogP contribution is 2.27. The van der Waals surface area contributed by atoms with Gasteiger partial charge in [0.25, 0.3) is 5.91 Å². The first-order chi connectivity index (χ1) is 14.9. The van der Waals surface area contributed by atoms with E-state index in [2.05, 4.69) is 20.1 Å². The Morgan fingerprint density at radius 2 is 1.94 bits per heavy atom. The molecule has 0 aliphatic carbocycles. The minimum Gasteiger partial charge on any atom is -0.435 e. The molecule has 6 nitrogen and oxygen atoms in total. The summed E-state index contributed by atoms with van der Waals surface area (Å²) in [6.07, 6.45) is 1.87. The van der Waals surface area contributed by atoms with Crippen molar-refractivity contribution < 1.29 is 18.3 Å². The summed E-state index contributed by atoms with van der Waals surface area (Å²) in [6.45, 7) is -1.08. The lowest BCUT2D eigenvalue weighted by Gasteiger charge is -2.13. The zero-order valence-corrected chi connectivity index (χ0v) is 17.0. The van der Waals surface area contributed by atoms with E-state index in [9.17, 15) is 13.6 Å². The fourth-order valence-electron chi connectivity index (χ4n) is 3.46. The third kappa shape index (κ3) is 4.53. The Hall–Kier alpha value is -3.81. The van der Waals surface area contributed by atoms with Gasteiger partial charge in [-0.25, -0.2) is 4.98 Å². The minimum atomic E-state index is -2.93. The van der Waals surface area contributed by atoms with E-state index in [0.29, 0.717) is 28.9 Å². The van der Waals surface area contributed by atoms with Gasteiger partial charge < -0.3 is 10.1 Å². The van der Waals surface area contributed by atoms with Crippen molar-refractivity contribution in [3.63, 3.8) is 0 Å². The van der Waals surface area contributed by atoms with E-state index in [1.54, 1.807) is 23.9 Å². The Morgan fingerprint density at radius 3 is 2.68 bits per heavy atom. The molecule has 0 aliphatic rings. The topological polar surface area (TPSA) is 69.0 Å². The number of pyridine rings is 1. The Morgan fingerprint density at radius 1 is 1.16 bits per heavy atom. The number of amides is 1. The number of nitrogens with one attached hydrogen (secondary N) is 1. The lowest BCUT2D eigenvalue weighted by Crippen LogP contribution is -2.13. The highest BCUT2D eigenvalue weighted by Gasteiger charge is 2.15. The number of ether oxygens (including phenoxy) is 1. The summed E-state index contributed by atoms with van der Waals surface area (Å²) in [5, 5.41) is 7.91. The minimum absolute atomic E-state index is 0.0749. The van der Waals surface area contributed by atoms with Gasteiger partial charge in [0, 0.05) is 36.3 Å². The van der Waals surface area contributed by atoms with Crippen molar-refractivity contribution >= 4 is 22.6 Å². The molecule has 31 heavy (non-hydrogen) atoms. The Kier molecular flexibility index (Phi) is 5.62. The van der Waals surface area contributed by atoms with E-state index in [-0.39, 0.29) is 11.7 Å². The lowest BCUT2D eigenvalue weighted by atomic mass is 10.0. The number of carbonyl (C=O) groups excluding carboxylic acids is 1. The summed E-state index contributed by atoms with van der Waals surface area (Å²) in [5.41, 5.74) is 3.79. The molecule has 4 aromatic rings. The van der Waals surface area contributed by atoms with E-state index in [4.69, 9.17) is 0 Å². The normalized spacial score (nSPS) is 11.1. The molecule has 0 unspecified atom stereocenters. The van der Waals surface area contributed by atoms with E-state index >= 15 is 0 Å². The quantitative estimate of drug-likeness (QED) is 0.488. The molecular formula is C23H20F2N4O2. The number of alkyl halides is 2. The number of benzene rings is 2. The molecule has 0 aliphatic heterocycles. The van der Waals surface area contributed by atoms with Crippen LogP contribution in [0.4, 0.5) is 14.5 Å². The number of fused-ring (bicyclic) bond motifs is 1. The van der Waals surface area contributed by atoms with Gasteiger partial charge in [0.15, 0.2) is 5.65 Å². The van der Waals surface area contributed by atoms with Crippen LogP contribution in [-0.4, -0.2) is 27.3 Å². The number of anilines is 1. The third-order valence-corrected chi connectivity index (χ3v) is 4.90. The smallest absolute Gasteiger partial charge is 0.387 e. The maximum atomic E-state index is 12.8. The molecule has 0 spiro atoms. The van der Waals surface area contributed by atoms with Gasteiger partial charge in [0.2, 0.25) is 0 Å². The predicted octanol–water partition coefficient (Wildman–Crippen LogP) is 4.72. The van der Waals surface area contributed by atoms with Gasteiger partial charge >= 0.3 is 6.61 Å². The Bertz CT molecular complexity index is 1240. The molecule has 0 atom stereocenters. The molecule has 0 saturated carbocycles. The standard InChI is InChI=1S/C23H20F2N4O2/c1-14-19-12-17(13-26-21(19)29(2)28-14)22(30)27-18-8-9-20(31-23(24)25)16(11-18)10-15-6-4-3-5-7-15/h3-9,11-13,23H,10H2,1-2H3,(H,27,30). The second kappa shape index (κ2) is 8.51. The molecule has 0 fully saturated rings. The molecule has 4 rings (SSSR count). The highest BCUT2D eigenvalue weighted by molar-refractivity contribution is 6.05. The van der Waals surface area contributed by atoms with Gasteiger partial charge in [0.1, 0.15) is 5.75 Å². The van der Waals surface area contributed by atoms with Gasteiger partial charge in [-0.3, -0.25) is 9.48 Å². The fourth-order valence-corrected chi connectivity index (χ4v) is 3.46. The van der Waals surface area contributed by atoms with Crippen molar-refractivity contribution in [3.8, 4) is 5.75 Å². The van der Waals surface area contributed by atoms with Gasteiger partial charge in [-0.2, -0.15) is 13.9 Å². The molecule has 2 aromatic carbocycles. The van der Waals surface area contributed by atoms with Gasteiger partial charge in [0.05, 0.1) is 11.3 Å². The van der Waals surface area contributed by atoms with Crippen molar-refractivity contribution in [1.29, 1.82) is 0 Å². The van der Waals surface area contributed by atoms with Crippen molar-refractivity contribution in [3.05, 3.63) is 83.2 Å². The van der Waals surface area contributed by atoms with Crippen molar-refractivity contribution in [2.75, 3.05) is 5.32 Å². The molecule has 1 N–H and O–H groups in total. The third-order valence-electron chi connectivity index (χ3n) is 4.90. The molecule has 158 valence electrons. The largest absolute Gasteiger partial charge is 0.435 e. The van der Waals surface area contributed by atoms with Crippen LogP contribution in [0.1, 0.15) is 27.2 Å². The average Bonchev–Trinajstić information content (AvgIpc) is 3.03. The Balaban J connectivity index is 1.61. The van der Waals surface area contributed by atoms with Crippen molar-refractivity contribution in [2.24, 2.45) is 7.05 Å². The number of rotatable bonds is 6. The van der Waals surface area contributed by atoms with Crippen LogP contribution >= 0.6 is 0 Å². The van der Waals surface area contributed by atoms with Crippen molar-refractivity contribution in [2.45, 2.75) is 20.0 Å². The average molecular weight is 422 g/mol. The van der Waals surface area contributed by atoms with Crippen LogP contribution in [-0.2, 0) is 13.5 Å². The van der Waals surface area contributed by atoms with Crippen LogP contribution in [0.2, 0.25) is 0 Å². The van der Waals surface area contributed by atoms with Crippen molar-refractivity contribution in [1.82, 2.24) is 14.8 Å². The zero-order valence-electron chi connectivity index (χ0n) is 17.0. The second-order valence-electron chi connectivity index (χ2n) is 7.12. The first-order valence-electron chi connectivity index (χ1n) is 9.63. The molecule has 2 heterocycles. The highest BCUT2D eigenvalue weighted by atomic mass is 19.3. The van der Waals surface area contributed by atoms with Crippen LogP contribution in [0.25, 0.3) is 11.0 Å². The van der Waals surface area contributed by atoms with E-state index in [1.165, 1.54) is 18.3 Å². The first kappa shape index (κ1) is 20.5. The fraction of sp³-hybridized carbons (Fsp3) is 0.174. The van der Waals surface area contributed by atoms with Gasteiger partial charge in [-0.05, 0) is 36.8 Å². The van der Waals surface area contributed by atoms with Gasteiger partial charge in [-0.15, -0.1) is 0 Å². The van der Waals surface area contributed by atoms with Crippen LogP contribution in [0.5, 0.6) is 5.75 Å².